The van der Waals surface area contributed by atoms with Crippen molar-refractivity contribution in [3.63, 3.8) is 0 Å². The first kappa shape index (κ1) is 15.3. The molecular weight excluding hydrogens is 296 g/mol. The molecule has 0 bridgehead atoms. The van der Waals surface area contributed by atoms with E-state index in [0.717, 1.165) is 19.4 Å². The van der Waals surface area contributed by atoms with Crippen LogP contribution >= 0.6 is 11.3 Å². The highest BCUT2D eigenvalue weighted by molar-refractivity contribution is 7.17. The fraction of sp³-hybridized carbons (Fsp3) is 0.471. The number of carbonyl (C=O) groups is 1. The molecule has 4 nitrogen and oxygen atoms in total. The predicted molar refractivity (Wildman–Crippen MR) is 90.3 cm³/mol. The number of nitrogens with one attached hydrogen (secondary N) is 1. The lowest BCUT2D eigenvalue weighted by molar-refractivity contribution is 0.129. The van der Waals surface area contributed by atoms with Crippen molar-refractivity contribution in [3.05, 3.63) is 35.2 Å². The summed E-state index contributed by atoms with van der Waals surface area (Å²) in [6.45, 7) is 3.84. The van der Waals surface area contributed by atoms with Crippen molar-refractivity contribution in [2.45, 2.75) is 25.9 Å². The van der Waals surface area contributed by atoms with E-state index in [1.165, 1.54) is 15.6 Å². The summed E-state index contributed by atoms with van der Waals surface area (Å²) in [6.07, 6.45) is 1.40. The number of rotatable bonds is 4. The van der Waals surface area contributed by atoms with E-state index in [2.05, 4.69) is 35.0 Å². The van der Waals surface area contributed by atoms with E-state index in [-0.39, 0.29) is 18.1 Å². The molecule has 1 aromatic heterocycles. The van der Waals surface area contributed by atoms with Crippen LogP contribution in [-0.2, 0) is 6.42 Å². The molecule has 0 saturated carbocycles. The average Bonchev–Trinajstić information content (AvgIpc) is 3.14. The summed E-state index contributed by atoms with van der Waals surface area (Å²) in [6, 6.07) is 8.36. The predicted octanol–water partition coefficient (Wildman–Crippen LogP) is 2.86. The third-order valence-electron chi connectivity index (χ3n) is 4.43. The second kappa shape index (κ2) is 6.67. The number of hydrogen-bond acceptors (Lipinski definition) is 3. The topological polar surface area (TPSA) is 52.6 Å². The molecule has 2 amide bonds. The Morgan fingerprint density at radius 1 is 1.50 bits per heavy atom. The van der Waals surface area contributed by atoms with Crippen LogP contribution in [0.2, 0.25) is 0 Å². The summed E-state index contributed by atoms with van der Waals surface area (Å²) >= 11 is 1.75. The molecule has 22 heavy (non-hydrogen) atoms. The highest BCUT2D eigenvalue weighted by Gasteiger charge is 2.28. The number of hydrogen-bond donors (Lipinski definition) is 2. The van der Waals surface area contributed by atoms with Gasteiger partial charge in [-0.25, -0.2) is 4.79 Å². The number of urea groups is 1. The number of thiophene rings is 1. The second-order valence-electron chi connectivity index (χ2n) is 5.97. The third kappa shape index (κ3) is 3.25. The lowest BCUT2D eigenvalue weighted by Crippen LogP contribution is -2.39. The molecule has 2 heterocycles. The van der Waals surface area contributed by atoms with Crippen molar-refractivity contribution in [2.75, 3.05) is 19.6 Å². The number of amides is 2. The van der Waals surface area contributed by atoms with E-state index < -0.39 is 0 Å². The van der Waals surface area contributed by atoms with Crippen LogP contribution < -0.4 is 5.32 Å². The van der Waals surface area contributed by atoms with Crippen LogP contribution in [0.25, 0.3) is 10.1 Å². The number of likely N-dealkylation sites (tertiary alicyclic amines) is 1. The van der Waals surface area contributed by atoms with E-state index >= 15 is 0 Å². The molecule has 2 N–H and O–H groups in total. The Labute approximate surface area is 134 Å². The molecule has 0 radical (unpaired) electrons. The molecule has 1 aromatic carbocycles. The molecule has 3 rings (SSSR count). The first-order valence-corrected chi connectivity index (χ1v) is 8.69. The quantitative estimate of drug-likeness (QED) is 0.911. The van der Waals surface area contributed by atoms with Gasteiger partial charge in [0, 0.05) is 30.3 Å². The Morgan fingerprint density at radius 3 is 3.09 bits per heavy atom. The first-order chi connectivity index (χ1) is 10.6. The Balaban J connectivity index is 1.50. The van der Waals surface area contributed by atoms with Crippen LogP contribution in [0.1, 0.15) is 18.9 Å². The van der Waals surface area contributed by atoms with E-state index in [4.69, 9.17) is 0 Å². The smallest absolute Gasteiger partial charge is 0.317 e. The third-order valence-corrected chi connectivity index (χ3v) is 5.44. The zero-order valence-corrected chi connectivity index (χ0v) is 13.6. The van der Waals surface area contributed by atoms with Gasteiger partial charge in [-0.1, -0.05) is 18.2 Å². The van der Waals surface area contributed by atoms with E-state index in [1.807, 2.05) is 4.90 Å². The van der Waals surface area contributed by atoms with Gasteiger partial charge in [-0.3, -0.25) is 0 Å². The molecule has 0 spiro atoms. The normalized spacial score (nSPS) is 19.5. The van der Waals surface area contributed by atoms with Crippen molar-refractivity contribution in [3.8, 4) is 0 Å². The van der Waals surface area contributed by atoms with Gasteiger partial charge < -0.3 is 15.3 Å². The Morgan fingerprint density at radius 2 is 2.32 bits per heavy atom. The Bertz CT molecular complexity index is 653. The van der Waals surface area contributed by atoms with Gasteiger partial charge in [-0.05, 0) is 42.2 Å². The lowest BCUT2D eigenvalue weighted by Gasteiger charge is -2.18. The summed E-state index contributed by atoms with van der Waals surface area (Å²) < 4.78 is 1.29. The van der Waals surface area contributed by atoms with Crippen LogP contribution in [0.15, 0.2) is 29.6 Å². The highest BCUT2D eigenvalue weighted by atomic mass is 32.1. The molecule has 1 saturated heterocycles. The summed E-state index contributed by atoms with van der Waals surface area (Å²) in [5.74, 6) is 0.214. The molecule has 1 fully saturated rings. The van der Waals surface area contributed by atoms with Crippen molar-refractivity contribution in [1.29, 1.82) is 0 Å². The molecule has 118 valence electrons. The van der Waals surface area contributed by atoms with Gasteiger partial charge >= 0.3 is 6.03 Å². The maximum Gasteiger partial charge on any atom is 0.317 e. The fourth-order valence-corrected chi connectivity index (χ4v) is 4.01. The van der Waals surface area contributed by atoms with Crippen LogP contribution in [0.3, 0.4) is 0 Å². The first-order valence-electron chi connectivity index (χ1n) is 7.81. The maximum atomic E-state index is 12.1. The number of aliphatic hydroxyl groups excluding tert-OH is 1. The van der Waals surface area contributed by atoms with E-state index in [9.17, 15) is 9.90 Å². The van der Waals surface area contributed by atoms with Crippen LogP contribution in [0, 0.1) is 5.92 Å². The average molecular weight is 318 g/mol. The summed E-state index contributed by atoms with van der Waals surface area (Å²) in [7, 11) is 0. The highest BCUT2D eigenvalue weighted by Crippen LogP contribution is 2.25. The monoisotopic (exact) mass is 318 g/mol. The molecule has 0 aliphatic carbocycles. The zero-order chi connectivity index (χ0) is 15.5. The van der Waals surface area contributed by atoms with Crippen molar-refractivity contribution >= 4 is 27.5 Å². The number of carbonyl (C=O) groups excluding carboxylic acids is 1. The largest absolute Gasteiger partial charge is 0.393 e. The molecule has 0 unspecified atom stereocenters. The van der Waals surface area contributed by atoms with Gasteiger partial charge in [0.25, 0.3) is 0 Å². The SMILES string of the molecule is C[C@H](O)[C@@H]1CCN(C(=O)NCCc2csc3ccccc23)C1. The summed E-state index contributed by atoms with van der Waals surface area (Å²) in [4.78, 5) is 13.9. The van der Waals surface area contributed by atoms with Gasteiger partial charge in [-0.15, -0.1) is 11.3 Å². The second-order valence-corrected chi connectivity index (χ2v) is 6.89. The Hall–Kier alpha value is -1.59. The summed E-state index contributed by atoms with van der Waals surface area (Å²) in [5, 5.41) is 16.1. The minimum Gasteiger partial charge on any atom is -0.393 e. The Kier molecular flexibility index (Phi) is 4.64. The lowest BCUT2D eigenvalue weighted by atomic mass is 10.0. The molecule has 2 aromatic rings. The van der Waals surface area contributed by atoms with Crippen LogP contribution in [0.4, 0.5) is 4.79 Å². The number of benzene rings is 1. The van der Waals surface area contributed by atoms with Crippen LogP contribution in [0.5, 0.6) is 0 Å². The van der Waals surface area contributed by atoms with Gasteiger partial charge in [0.05, 0.1) is 6.10 Å². The van der Waals surface area contributed by atoms with Crippen molar-refractivity contribution < 1.29 is 9.90 Å². The van der Waals surface area contributed by atoms with Crippen molar-refractivity contribution in [2.24, 2.45) is 5.92 Å². The molecular formula is C17H22N2O2S. The summed E-state index contributed by atoms with van der Waals surface area (Å²) in [5.41, 5.74) is 1.30. The maximum absolute atomic E-state index is 12.1. The number of nitrogens with zero attached hydrogens (tertiary/aromatic N) is 1. The molecule has 1 aliphatic rings. The zero-order valence-electron chi connectivity index (χ0n) is 12.8. The standard InChI is InChI=1S/C17H22N2O2S/c1-12(20)13-7-9-19(10-13)17(21)18-8-6-14-11-22-16-5-3-2-4-15(14)16/h2-5,11-13,20H,6-10H2,1H3,(H,18,21)/t12-,13+/m0/s1. The molecule has 5 heteroatoms. The van der Waals surface area contributed by atoms with Crippen molar-refractivity contribution in [1.82, 2.24) is 10.2 Å². The van der Waals surface area contributed by atoms with Gasteiger partial charge in [0.1, 0.15) is 0 Å². The number of aliphatic hydroxyl groups is 1. The fourth-order valence-electron chi connectivity index (χ4n) is 3.01. The van der Waals surface area contributed by atoms with Gasteiger partial charge in [0.2, 0.25) is 0 Å². The van der Waals surface area contributed by atoms with Gasteiger partial charge in [-0.2, -0.15) is 0 Å². The van der Waals surface area contributed by atoms with E-state index in [1.54, 1.807) is 18.3 Å². The van der Waals surface area contributed by atoms with Crippen LogP contribution in [-0.4, -0.2) is 41.8 Å². The number of fused-ring (bicyclic) bond motifs is 1. The van der Waals surface area contributed by atoms with Gasteiger partial charge in [0.15, 0.2) is 0 Å². The molecule has 1 aliphatic heterocycles. The molecule has 2 atom stereocenters. The minimum atomic E-state index is -0.338. The minimum absolute atomic E-state index is 0.0114. The van der Waals surface area contributed by atoms with E-state index in [0.29, 0.717) is 13.1 Å².